The Balaban J connectivity index is 1.57. The first-order valence-corrected chi connectivity index (χ1v) is 14.5. The van der Waals surface area contributed by atoms with Gasteiger partial charge in [0.25, 0.3) is 0 Å². The SMILES string of the molecule is N#Cc1c(-c2cccc3oc4ccccc4c23)cc(-c2cccc3sc4ccccc4c23)c(C#N)c1-c1ccccc1. The second-order valence-corrected chi connectivity index (χ2v) is 11.3. The lowest BCUT2D eigenvalue weighted by atomic mass is 9.82. The Morgan fingerprint density at radius 3 is 1.86 bits per heavy atom. The standard InChI is InChI=1S/C38H20N2OS/c39-21-30-28(24-14-8-17-33-37(24)26-12-4-6-16-32(26)41-33)20-29(31(22-40)36(30)23-10-2-1-3-11-23)25-15-9-19-35-38(25)27-13-5-7-18-34(27)42-35/h1-20H. The van der Waals surface area contributed by atoms with Crippen LogP contribution in [0.15, 0.2) is 126 Å². The fourth-order valence-electron chi connectivity index (χ4n) is 6.23. The molecule has 8 rings (SSSR count). The van der Waals surface area contributed by atoms with Crippen LogP contribution in [0.5, 0.6) is 0 Å². The Kier molecular flexibility index (Phi) is 5.44. The van der Waals surface area contributed by atoms with Gasteiger partial charge >= 0.3 is 0 Å². The molecule has 4 heteroatoms. The number of furan rings is 1. The number of benzene rings is 6. The monoisotopic (exact) mass is 552 g/mol. The van der Waals surface area contributed by atoms with Crippen LogP contribution in [0.1, 0.15) is 11.1 Å². The molecule has 0 saturated heterocycles. The smallest absolute Gasteiger partial charge is 0.136 e. The molecule has 0 aliphatic carbocycles. The maximum atomic E-state index is 10.7. The highest BCUT2D eigenvalue weighted by molar-refractivity contribution is 7.25. The maximum Gasteiger partial charge on any atom is 0.136 e. The summed E-state index contributed by atoms with van der Waals surface area (Å²) in [7, 11) is 0. The largest absolute Gasteiger partial charge is 0.456 e. The van der Waals surface area contributed by atoms with Crippen LogP contribution in [-0.4, -0.2) is 0 Å². The maximum absolute atomic E-state index is 10.7. The molecular formula is C38H20N2OS. The molecule has 0 radical (unpaired) electrons. The zero-order valence-corrected chi connectivity index (χ0v) is 23.1. The number of rotatable bonds is 3. The number of hydrogen-bond donors (Lipinski definition) is 0. The van der Waals surface area contributed by atoms with Crippen molar-refractivity contribution < 1.29 is 4.42 Å². The highest BCUT2D eigenvalue weighted by Gasteiger charge is 2.25. The highest BCUT2D eigenvalue weighted by atomic mass is 32.1. The van der Waals surface area contributed by atoms with Crippen LogP contribution in [-0.2, 0) is 0 Å². The lowest BCUT2D eigenvalue weighted by Crippen LogP contribution is -1.98. The van der Waals surface area contributed by atoms with Crippen LogP contribution < -0.4 is 0 Å². The minimum Gasteiger partial charge on any atom is -0.456 e. The molecule has 0 fully saturated rings. The van der Waals surface area contributed by atoms with Crippen molar-refractivity contribution in [1.82, 2.24) is 0 Å². The molecule has 42 heavy (non-hydrogen) atoms. The number of hydrogen-bond acceptors (Lipinski definition) is 4. The van der Waals surface area contributed by atoms with Crippen molar-refractivity contribution in [3.63, 3.8) is 0 Å². The molecule has 0 atom stereocenters. The van der Waals surface area contributed by atoms with Crippen LogP contribution >= 0.6 is 11.3 Å². The van der Waals surface area contributed by atoms with E-state index in [4.69, 9.17) is 4.42 Å². The van der Waals surface area contributed by atoms with E-state index in [0.29, 0.717) is 16.7 Å². The van der Waals surface area contributed by atoms with Crippen LogP contribution in [0.4, 0.5) is 0 Å². The van der Waals surface area contributed by atoms with E-state index in [0.717, 1.165) is 65.2 Å². The molecule has 2 aromatic heterocycles. The fraction of sp³-hybridized carbons (Fsp3) is 0. The third kappa shape index (κ3) is 3.50. The first kappa shape index (κ1) is 24.1. The minimum atomic E-state index is 0.474. The average molecular weight is 553 g/mol. The number of nitrogens with zero attached hydrogens (tertiary/aromatic N) is 2. The number of fused-ring (bicyclic) bond motifs is 6. The average Bonchev–Trinajstić information content (AvgIpc) is 3.62. The molecular weight excluding hydrogens is 532 g/mol. The summed E-state index contributed by atoms with van der Waals surface area (Å²) in [6.07, 6.45) is 0. The topological polar surface area (TPSA) is 60.7 Å². The normalized spacial score (nSPS) is 11.3. The van der Waals surface area contributed by atoms with E-state index in [2.05, 4.69) is 60.7 Å². The molecule has 0 aliphatic heterocycles. The van der Waals surface area contributed by atoms with Gasteiger partial charge in [-0.1, -0.05) is 91.0 Å². The predicted molar refractivity (Wildman–Crippen MR) is 172 cm³/mol. The van der Waals surface area contributed by atoms with Crippen molar-refractivity contribution in [2.24, 2.45) is 0 Å². The second-order valence-electron chi connectivity index (χ2n) is 10.2. The van der Waals surface area contributed by atoms with E-state index in [-0.39, 0.29) is 0 Å². The van der Waals surface area contributed by atoms with Gasteiger partial charge in [-0.05, 0) is 47.0 Å². The van der Waals surface area contributed by atoms with Gasteiger partial charge in [0, 0.05) is 47.6 Å². The van der Waals surface area contributed by atoms with Crippen molar-refractivity contribution >= 4 is 53.4 Å². The van der Waals surface area contributed by atoms with Crippen LogP contribution in [0.3, 0.4) is 0 Å². The summed E-state index contributed by atoms with van der Waals surface area (Å²) in [6, 6.07) is 45.5. The quantitative estimate of drug-likeness (QED) is 0.219. The van der Waals surface area contributed by atoms with E-state index in [1.165, 1.54) is 4.70 Å². The Morgan fingerprint density at radius 2 is 1.10 bits per heavy atom. The van der Waals surface area contributed by atoms with Gasteiger partial charge in [0.1, 0.15) is 23.3 Å². The summed E-state index contributed by atoms with van der Waals surface area (Å²) in [5, 5.41) is 25.7. The van der Waals surface area contributed by atoms with Crippen LogP contribution in [0.25, 0.3) is 75.5 Å². The molecule has 0 unspecified atom stereocenters. The van der Waals surface area contributed by atoms with Gasteiger partial charge in [-0.2, -0.15) is 10.5 Å². The van der Waals surface area contributed by atoms with E-state index < -0.39 is 0 Å². The number of thiophene rings is 1. The molecule has 6 aromatic carbocycles. The lowest BCUT2D eigenvalue weighted by Gasteiger charge is -2.18. The first-order chi connectivity index (χ1) is 20.8. The molecule has 0 aliphatic rings. The van der Waals surface area contributed by atoms with Gasteiger partial charge < -0.3 is 4.42 Å². The molecule has 0 N–H and O–H groups in total. The van der Waals surface area contributed by atoms with E-state index in [1.54, 1.807) is 11.3 Å². The summed E-state index contributed by atoms with van der Waals surface area (Å²) in [5.74, 6) is 0. The summed E-state index contributed by atoms with van der Waals surface area (Å²) >= 11 is 1.75. The number of nitriles is 2. The second kappa shape index (κ2) is 9.46. The molecule has 2 heterocycles. The summed E-state index contributed by atoms with van der Waals surface area (Å²) in [5.41, 5.74) is 7.47. The molecule has 194 valence electrons. The summed E-state index contributed by atoms with van der Waals surface area (Å²) in [6.45, 7) is 0. The Labute approximate surface area is 245 Å². The van der Waals surface area contributed by atoms with Crippen LogP contribution in [0.2, 0.25) is 0 Å². The van der Waals surface area contributed by atoms with Crippen molar-refractivity contribution in [3.05, 3.63) is 132 Å². The highest BCUT2D eigenvalue weighted by Crippen LogP contribution is 2.47. The van der Waals surface area contributed by atoms with Gasteiger partial charge in [0.05, 0.1) is 11.1 Å². The zero-order valence-electron chi connectivity index (χ0n) is 22.3. The molecule has 0 amide bonds. The van der Waals surface area contributed by atoms with Gasteiger partial charge in [0.2, 0.25) is 0 Å². The molecule has 0 bridgehead atoms. The fourth-order valence-corrected chi connectivity index (χ4v) is 7.36. The van der Waals surface area contributed by atoms with E-state index in [1.807, 2.05) is 72.8 Å². The Bertz CT molecular complexity index is 2280. The summed E-state index contributed by atoms with van der Waals surface area (Å²) < 4.78 is 8.58. The molecule has 3 nitrogen and oxygen atoms in total. The summed E-state index contributed by atoms with van der Waals surface area (Å²) in [4.78, 5) is 0. The van der Waals surface area contributed by atoms with Gasteiger partial charge in [-0.25, -0.2) is 0 Å². The predicted octanol–water partition coefficient (Wildman–Crippen LogP) is 10.7. The van der Waals surface area contributed by atoms with Gasteiger partial charge in [-0.3, -0.25) is 0 Å². The lowest BCUT2D eigenvalue weighted by molar-refractivity contribution is 0.669. The minimum absolute atomic E-state index is 0.474. The van der Waals surface area contributed by atoms with Gasteiger partial charge in [0.15, 0.2) is 0 Å². The van der Waals surface area contributed by atoms with Crippen molar-refractivity contribution in [1.29, 1.82) is 10.5 Å². The van der Waals surface area contributed by atoms with E-state index in [9.17, 15) is 10.5 Å². The number of para-hydroxylation sites is 1. The van der Waals surface area contributed by atoms with Crippen molar-refractivity contribution in [2.75, 3.05) is 0 Å². The van der Waals surface area contributed by atoms with Crippen LogP contribution in [0, 0.1) is 22.7 Å². The Hall–Kier alpha value is -5.68. The third-order valence-corrected chi connectivity index (χ3v) is 9.13. The first-order valence-electron chi connectivity index (χ1n) is 13.6. The zero-order chi connectivity index (χ0) is 28.2. The molecule has 0 spiro atoms. The van der Waals surface area contributed by atoms with Crippen molar-refractivity contribution in [2.45, 2.75) is 0 Å². The van der Waals surface area contributed by atoms with E-state index >= 15 is 0 Å². The van der Waals surface area contributed by atoms with Crippen molar-refractivity contribution in [3.8, 4) is 45.5 Å². The molecule has 8 aromatic rings. The molecule has 0 saturated carbocycles. The van der Waals surface area contributed by atoms with Gasteiger partial charge in [-0.15, -0.1) is 11.3 Å². The third-order valence-electron chi connectivity index (χ3n) is 8.00. The Morgan fingerprint density at radius 1 is 0.500 bits per heavy atom.